The van der Waals surface area contributed by atoms with Gasteiger partial charge in [0.15, 0.2) is 0 Å². The van der Waals surface area contributed by atoms with Crippen molar-refractivity contribution in [3.05, 3.63) is 108 Å². The molecule has 0 saturated heterocycles. The summed E-state index contributed by atoms with van der Waals surface area (Å²) in [4.78, 5) is 26.7. The number of carboxylic acids is 1. The second-order valence-electron chi connectivity index (χ2n) is 8.62. The minimum Gasteiger partial charge on any atom is -0.480 e. The van der Waals surface area contributed by atoms with Gasteiger partial charge in [-0.1, -0.05) is 84.4 Å². The van der Waals surface area contributed by atoms with Crippen LogP contribution in [-0.4, -0.2) is 41.3 Å². The Bertz CT molecular complexity index is 1140. The van der Waals surface area contributed by atoms with Gasteiger partial charge in [0.1, 0.15) is 12.6 Å². The summed E-state index contributed by atoms with van der Waals surface area (Å²) < 4.78 is 5.78. The van der Waals surface area contributed by atoms with Crippen LogP contribution in [0.15, 0.2) is 85.5 Å². The van der Waals surface area contributed by atoms with E-state index in [4.69, 9.17) is 4.74 Å². The third kappa shape index (κ3) is 4.88. The Morgan fingerprint density at radius 3 is 2.15 bits per heavy atom. The van der Waals surface area contributed by atoms with Gasteiger partial charge in [0.25, 0.3) is 0 Å². The first-order chi connectivity index (χ1) is 16.5. The lowest BCUT2D eigenvalue weighted by molar-refractivity contribution is -0.142. The fourth-order valence-corrected chi connectivity index (χ4v) is 4.56. The molecule has 4 rings (SSSR count). The molecular weight excluding hydrogens is 426 g/mol. The van der Waals surface area contributed by atoms with Crippen LogP contribution < -0.4 is 0 Å². The van der Waals surface area contributed by atoms with E-state index in [9.17, 15) is 14.7 Å². The van der Waals surface area contributed by atoms with E-state index in [0.29, 0.717) is 6.42 Å². The maximum atomic E-state index is 13.2. The Hall–Kier alpha value is -3.86. The predicted molar refractivity (Wildman–Crippen MR) is 133 cm³/mol. The van der Waals surface area contributed by atoms with Gasteiger partial charge < -0.3 is 9.84 Å². The van der Waals surface area contributed by atoms with Gasteiger partial charge in [0.2, 0.25) is 0 Å². The van der Waals surface area contributed by atoms with Crippen LogP contribution in [0.5, 0.6) is 0 Å². The van der Waals surface area contributed by atoms with Gasteiger partial charge in [0.05, 0.1) is 0 Å². The summed E-state index contributed by atoms with van der Waals surface area (Å²) in [7, 11) is 0. The van der Waals surface area contributed by atoms with Gasteiger partial charge in [-0.25, -0.2) is 9.59 Å². The third-order valence-electron chi connectivity index (χ3n) is 6.36. The SMILES string of the molecule is C=CCCN(C(=O)OCC1c2ccccc2-c2ccccc21)[C@@H](Cc1ccc(C)cc1)C(=O)O. The number of hydrogen-bond donors (Lipinski definition) is 1. The Balaban J connectivity index is 1.54. The van der Waals surface area contributed by atoms with Crippen LogP contribution in [0.3, 0.4) is 0 Å². The highest BCUT2D eigenvalue weighted by Gasteiger charge is 2.33. The normalized spacial score (nSPS) is 13.0. The first-order valence-corrected chi connectivity index (χ1v) is 11.5. The summed E-state index contributed by atoms with van der Waals surface area (Å²) in [6.45, 7) is 6.07. The van der Waals surface area contributed by atoms with Crippen molar-refractivity contribution in [2.75, 3.05) is 13.2 Å². The number of benzene rings is 3. The number of amides is 1. The molecule has 5 heteroatoms. The molecule has 0 aliphatic heterocycles. The summed E-state index contributed by atoms with van der Waals surface area (Å²) in [5.41, 5.74) is 6.46. The maximum absolute atomic E-state index is 13.2. The van der Waals surface area contributed by atoms with Crippen LogP contribution in [0.25, 0.3) is 11.1 Å². The summed E-state index contributed by atoms with van der Waals surface area (Å²) in [6, 6.07) is 22.9. The zero-order chi connectivity index (χ0) is 24.1. The average molecular weight is 456 g/mol. The lowest BCUT2D eigenvalue weighted by Gasteiger charge is -2.29. The quantitative estimate of drug-likeness (QED) is 0.413. The van der Waals surface area contributed by atoms with E-state index in [2.05, 4.69) is 30.8 Å². The summed E-state index contributed by atoms with van der Waals surface area (Å²) in [5, 5.41) is 9.97. The molecule has 1 amide bonds. The molecule has 174 valence electrons. The summed E-state index contributed by atoms with van der Waals surface area (Å²) >= 11 is 0. The number of aryl methyl sites for hydroxylation is 1. The van der Waals surface area contributed by atoms with Gasteiger partial charge in [-0.3, -0.25) is 4.90 Å². The molecule has 5 nitrogen and oxygen atoms in total. The lowest BCUT2D eigenvalue weighted by atomic mass is 9.98. The van der Waals surface area contributed by atoms with Crippen molar-refractivity contribution in [2.45, 2.75) is 31.7 Å². The molecule has 1 atom stereocenters. The molecule has 3 aromatic rings. The molecule has 0 aromatic heterocycles. The standard InChI is InChI=1S/C29H29NO4/c1-3-4-17-30(27(28(31)32)18-21-15-13-20(2)14-16-21)29(33)34-19-26-24-11-7-5-9-22(24)23-10-6-8-12-25(23)26/h3,5-16,26-27H,1,4,17-19H2,2H3,(H,31,32)/t27-/m0/s1. The molecule has 1 aliphatic rings. The van der Waals surface area contributed by atoms with Crippen molar-refractivity contribution >= 4 is 12.1 Å². The van der Waals surface area contributed by atoms with Crippen LogP contribution >= 0.6 is 0 Å². The van der Waals surface area contributed by atoms with E-state index in [1.807, 2.05) is 55.5 Å². The number of rotatable bonds is 9. The molecule has 0 unspecified atom stereocenters. The maximum Gasteiger partial charge on any atom is 0.410 e. The van der Waals surface area contributed by atoms with Crippen LogP contribution in [0, 0.1) is 6.92 Å². The number of hydrogen-bond acceptors (Lipinski definition) is 3. The molecule has 0 spiro atoms. The van der Waals surface area contributed by atoms with Gasteiger partial charge in [0, 0.05) is 18.9 Å². The molecule has 34 heavy (non-hydrogen) atoms. The van der Waals surface area contributed by atoms with Crippen molar-refractivity contribution in [1.29, 1.82) is 0 Å². The molecule has 1 aliphatic carbocycles. The minimum absolute atomic E-state index is 0.0852. The Kier molecular flexibility index (Phi) is 7.12. The minimum atomic E-state index is -1.06. The number of ether oxygens (including phenoxy) is 1. The molecule has 1 N–H and O–H groups in total. The van der Waals surface area contributed by atoms with Gasteiger partial charge >= 0.3 is 12.1 Å². The van der Waals surface area contributed by atoms with Crippen molar-refractivity contribution < 1.29 is 19.4 Å². The summed E-state index contributed by atoms with van der Waals surface area (Å²) in [5.74, 6) is -1.14. The number of carbonyl (C=O) groups excluding carboxylic acids is 1. The Morgan fingerprint density at radius 2 is 1.59 bits per heavy atom. The van der Waals surface area contributed by atoms with E-state index in [-0.39, 0.29) is 25.5 Å². The van der Waals surface area contributed by atoms with E-state index in [1.54, 1.807) is 6.08 Å². The number of fused-ring (bicyclic) bond motifs is 3. The third-order valence-corrected chi connectivity index (χ3v) is 6.36. The highest BCUT2D eigenvalue weighted by atomic mass is 16.6. The Labute approximate surface area is 200 Å². The number of carboxylic acid groups (broad SMARTS) is 1. The van der Waals surface area contributed by atoms with Crippen molar-refractivity contribution in [3.8, 4) is 11.1 Å². The molecule has 0 bridgehead atoms. The largest absolute Gasteiger partial charge is 0.480 e. The molecular formula is C29H29NO4. The number of nitrogens with zero attached hydrogens (tertiary/aromatic N) is 1. The van der Waals surface area contributed by atoms with Crippen molar-refractivity contribution in [3.63, 3.8) is 0 Å². The molecule has 0 saturated carbocycles. The van der Waals surface area contributed by atoms with E-state index >= 15 is 0 Å². The van der Waals surface area contributed by atoms with Crippen molar-refractivity contribution in [2.24, 2.45) is 0 Å². The lowest BCUT2D eigenvalue weighted by Crippen LogP contribution is -2.47. The van der Waals surface area contributed by atoms with E-state index in [0.717, 1.165) is 33.4 Å². The highest BCUT2D eigenvalue weighted by molar-refractivity contribution is 5.81. The first-order valence-electron chi connectivity index (χ1n) is 11.5. The van der Waals surface area contributed by atoms with Gasteiger partial charge in [-0.15, -0.1) is 6.58 Å². The van der Waals surface area contributed by atoms with Crippen LogP contribution in [0.2, 0.25) is 0 Å². The highest BCUT2D eigenvalue weighted by Crippen LogP contribution is 2.44. The van der Waals surface area contributed by atoms with Gasteiger partial charge in [-0.05, 0) is 41.2 Å². The second-order valence-corrected chi connectivity index (χ2v) is 8.62. The average Bonchev–Trinajstić information content (AvgIpc) is 3.17. The smallest absolute Gasteiger partial charge is 0.410 e. The molecule has 0 heterocycles. The fourth-order valence-electron chi connectivity index (χ4n) is 4.56. The first kappa shape index (κ1) is 23.3. The molecule has 0 radical (unpaired) electrons. The van der Waals surface area contributed by atoms with Crippen LogP contribution in [-0.2, 0) is 16.0 Å². The zero-order valence-electron chi connectivity index (χ0n) is 19.3. The van der Waals surface area contributed by atoms with Gasteiger partial charge in [-0.2, -0.15) is 0 Å². The molecule has 0 fully saturated rings. The zero-order valence-corrected chi connectivity index (χ0v) is 19.3. The Morgan fingerprint density at radius 1 is 1.00 bits per heavy atom. The predicted octanol–water partition coefficient (Wildman–Crippen LogP) is 5.82. The number of carbonyl (C=O) groups is 2. The topological polar surface area (TPSA) is 66.8 Å². The van der Waals surface area contributed by atoms with E-state index in [1.165, 1.54) is 4.90 Å². The number of aliphatic carboxylic acids is 1. The van der Waals surface area contributed by atoms with Crippen molar-refractivity contribution in [1.82, 2.24) is 4.90 Å². The van der Waals surface area contributed by atoms with Crippen LogP contribution in [0.4, 0.5) is 4.79 Å². The monoisotopic (exact) mass is 455 g/mol. The fraction of sp³-hybridized carbons (Fsp3) is 0.241. The molecule has 3 aromatic carbocycles. The summed E-state index contributed by atoms with van der Waals surface area (Å²) in [6.07, 6.45) is 1.73. The second kappa shape index (κ2) is 10.4. The van der Waals surface area contributed by atoms with E-state index < -0.39 is 18.1 Å². The van der Waals surface area contributed by atoms with Crippen LogP contribution in [0.1, 0.15) is 34.6 Å².